The summed E-state index contributed by atoms with van der Waals surface area (Å²) in [7, 11) is 0. The minimum atomic E-state index is -0.757. The average molecular weight is 310 g/mol. The van der Waals surface area contributed by atoms with Crippen molar-refractivity contribution < 1.29 is 14.7 Å². The van der Waals surface area contributed by atoms with E-state index in [1.54, 1.807) is 16.2 Å². The summed E-state index contributed by atoms with van der Waals surface area (Å²) in [5.41, 5.74) is 1.23. The first-order valence-corrected chi connectivity index (χ1v) is 8.22. The number of carboxylic acid groups (broad SMARTS) is 1. The first-order valence-electron chi connectivity index (χ1n) is 7.28. The molecule has 0 aromatic carbocycles. The van der Waals surface area contributed by atoms with Gasteiger partial charge < -0.3 is 15.3 Å². The molecule has 2 N–H and O–H groups in total. The van der Waals surface area contributed by atoms with Crippen molar-refractivity contribution in [1.29, 1.82) is 0 Å². The lowest BCUT2D eigenvalue weighted by Crippen LogP contribution is -2.52. The fourth-order valence-corrected chi connectivity index (χ4v) is 3.49. The molecule has 1 aromatic heterocycles. The Morgan fingerprint density at radius 1 is 1.57 bits per heavy atom. The zero-order valence-electron chi connectivity index (χ0n) is 12.4. The van der Waals surface area contributed by atoms with Crippen molar-refractivity contribution >= 4 is 23.3 Å². The molecule has 2 heterocycles. The molecule has 3 atom stereocenters. The van der Waals surface area contributed by atoms with Gasteiger partial charge in [-0.05, 0) is 55.5 Å². The predicted molar refractivity (Wildman–Crippen MR) is 82.5 cm³/mol. The highest BCUT2D eigenvalue weighted by Gasteiger charge is 2.32. The van der Waals surface area contributed by atoms with Crippen molar-refractivity contribution in [1.82, 2.24) is 10.2 Å². The summed E-state index contributed by atoms with van der Waals surface area (Å²) in [5.74, 6) is -1.08. The van der Waals surface area contributed by atoms with Crippen LogP contribution < -0.4 is 5.32 Å². The van der Waals surface area contributed by atoms with Gasteiger partial charge in [0.25, 0.3) is 0 Å². The van der Waals surface area contributed by atoms with E-state index in [0.29, 0.717) is 19.4 Å². The molecular weight excluding hydrogens is 288 g/mol. The normalized spacial score (nSPS) is 23.6. The van der Waals surface area contributed by atoms with Crippen molar-refractivity contribution in [3.63, 3.8) is 0 Å². The second kappa shape index (κ2) is 6.93. The number of thiophene rings is 1. The number of hydrogen-bond donors (Lipinski definition) is 2. The van der Waals surface area contributed by atoms with E-state index in [4.69, 9.17) is 5.11 Å². The Morgan fingerprint density at radius 3 is 2.90 bits per heavy atom. The highest BCUT2D eigenvalue weighted by Crippen LogP contribution is 2.23. The van der Waals surface area contributed by atoms with Gasteiger partial charge in [-0.2, -0.15) is 11.3 Å². The minimum absolute atomic E-state index is 0.0341. The van der Waals surface area contributed by atoms with E-state index < -0.39 is 5.97 Å². The summed E-state index contributed by atoms with van der Waals surface area (Å²) >= 11 is 1.65. The molecule has 6 heteroatoms. The Kier molecular flexibility index (Phi) is 5.22. The van der Waals surface area contributed by atoms with Gasteiger partial charge >= 0.3 is 12.0 Å². The molecule has 1 aliphatic heterocycles. The van der Waals surface area contributed by atoms with Gasteiger partial charge in [-0.3, -0.25) is 4.79 Å². The number of rotatable bonds is 4. The Bertz CT molecular complexity index is 489. The predicted octanol–water partition coefficient (Wildman–Crippen LogP) is 2.57. The summed E-state index contributed by atoms with van der Waals surface area (Å²) < 4.78 is 0. The molecule has 21 heavy (non-hydrogen) atoms. The van der Waals surface area contributed by atoms with Crippen LogP contribution in [0.1, 0.15) is 32.3 Å². The van der Waals surface area contributed by atoms with Gasteiger partial charge in [-0.25, -0.2) is 4.79 Å². The standard InChI is InChI=1S/C15H22N2O3S/c1-10(7-12-4-6-21-9-12)16-15(20)17-5-3-13(14(18)19)8-11(17)2/h4,6,9-11,13H,3,5,7-8H2,1-2H3,(H,16,20)(H,18,19). The molecule has 1 aromatic rings. The van der Waals surface area contributed by atoms with Crippen molar-refractivity contribution in [2.24, 2.45) is 5.92 Å². The Labute approximate surface area is 129 Å². The van der Waals surface area contributed by atoms with Crippen LogP contribution in [0.2, 0.25) is 0 Å². The van der Waals surface area contributed by atoms with Crippen LogP contribution in [0.15, 0.2) is 16.8 Å². The monoisotopic (exact) mass is 310 g/mol. The maximum atomic E-state index is 12.3. The average Bonchev–Trinajstić information content (AvgIpc) is 2.90. The summed E-state index contributed by atoms with van der Waals surface area (Å²) in [6.45, 7) is 4.41. The maximum absolute atomic E-state index is 12.3. The number of carbonyl (C=O) groups excluding carboxylic acids is 1. The smallest absolute Gasteiger partial charge is 0.317 e. The largest absolute Gasteiger partial charge is 0.481 e. The van der Waals surface area contributed by atoms with Gasteiger partial charge in [0.15, 0.2) is 0 Å². The van der Waals surface area contributed by atoms with E-state index >= 15 is 0 Å². The maximum Gasteiger partial charge on any atom is 0.317 e. The molecule has 1 fully saturated rings. The molecule has 5 nitrogen and oxygen atoms in total. The summed E-state index contributed by atoms with van der Waals surface area (Å²) in [6.07, 6.45) is 1.88. The number of nitrogens with zero attached hydrogens (tertiary/aromatic N) is 1. The van der Waals surface area contributed by atoms with Crippen LogP contribution in [0.25, 0.3) is 0 Å². The molecule has 0 aliphatic carbocycles. The van der Waals surface area contributed by atoms with Gasteiger partial charge in [-0.1, -0.05) is 0 Å². The third-order valence-corrected chi connectivity index (χ3v) is 4.71. The zero-order valence-corrected chi connectivity index (χ0v) is 13.2. The molecule has 116 valence electrons. The lowest BCUT2D eigenvalue weighted by molar-refractivity contribution is -0.143. The van der Waals surface area contributed by atoms with E-state index in [1.165, 1.54) is 5.56 Å². The second-order valence-corrected chi connectivity index (χ2v) is 6.57. The number of urea groups is 1. The first-order chi connectivity index (χ1) is 9.97. The van der Waals surface area contributed by atoms with Gasteiger partial charge in [0.2, 0.25) is 0 Å². The van der Waals surface area contributed by atoms with Gasteiger partial charge in [-0.15, -0.1) is 0 Å². The van der Waals surface area contributed by atoms with Crippen LogP contribution in [0, 0.1) is 5.92 Å². The number of piperidine rings is 1. The molecule has 0 spiro atoms. The molecule has 3 unspecified atom stereocenters. The van der Waals surface area contributed by atoms with E-state index in [9.17, 15) is 9.59 Å². The lowest BCUT2D eigenvalue weighted by Gasteiger charge is -2.36. The third kappa shape index (κ3) is 4.20. The quantitative estimate of drug-likeness (QED) is 0.898. The molecule has 2 amide bonds. The summed E-state index contributed by atoms with van der Waals surface area (Å²) in [4.78, 5) is 25.1. The van der Waals surface area contributed by atoms with Gasteiger partial charge in [0.1, 0.15) is 0 Å². The van der Waals surface area contributed by atoms with Crippen LogP contribution in [0.4, 0.5) is 4.79 Å². The minimum Gasteiger partial charge on any atom is -0.481 e. The Balaban J connectivity index is 1.84. The van der Waals surface area contributed by atoms with Crippen molar-refractivity contribution in [3.05, 3.63) is 22.4 Å². The number of hydrogen-bond acceptors (Lipinski definition) is 3. The van der Waals surface area contributed by atoms with E-state index in [2.05, 4.69) is 16.8 Å². The van der Waals surface area contributed by atoms with Crippen LogP contribution in [0.5, 0.6) is 0 Å². The fraction of sp³-hybridized carbons (Fsp3) is 0.600. The number of carbonyl (C=O) groups is 2. The first kappa shape index (κ1) is 15.8. The van der Waals surface area contributed by atoms with Crippen LogP contribution >= 0.6 is 11.3 Å². The van der Waals surface area contributed by atoms with E-state index in [-0.39, 0.29) is 24.0 Å². The summed E-state index contributed by atoms with van der Waals surface area (Å²) in [6, 6.07) is 2.01. The fourth-order valence-electron chi connectivity index (χ4n) is 2.81. The number of likely N-dealkylation sites (tertiary alicyclic amines) is 1. The molecule has 0 radical (unpaired) electrons. The van der Waals surface area contributed by atoms with Crippen LogP contribution in [-0.4, -0.2) is 40.6 Å². The van der Waals surface area contributed by atoms with Crippen molar-refractivity contribution in [2.75, 3.05) is 6.54 Å². The molecular formula is C15H22N2O3S. The molecule has 0 saturated carbocycles. The van der Waals surface area contributed by atoms with Crippen LogP contribution in [-0.2, 0) is 11.2 Å². The highest BCUT2D eigenvalue weighted by molar-refractivity contribution is 7.07. The zero-order chi connectivity index (χ0) is 15.4. The topological polar surface area (TPSA) is 69.6 Å². The number of carboxylic acids is 1. The van der Waals surface area contributed by atoms with Crippen molar-refractivity contribution in [2.45, 2.75) is 45.2 Å². The molecule has 2 rings (SSSR count). The van der Waals surface area contributed by atoms with E-state index in [0.717, 1.165) is 6.42 Å². The molecule has 0 bridgehead atoms. The van der Waals surface area contributed by atoms with Crippen LogP contribution in [0.3, 0.4) is 0 Å². The van der Waals surface area contributed by atoms with E-state index in [1.807, 2.05) is 19.2 Å². The highest BCUT2D eigenvalue weighted by atomic mass is 32.1. The summed E-state index contributed by atoms with van der Waals surface area (Å²) in [5, 5.41) is 16.2. The second-order valence-electron chi connectivity index (χ2n) is 5.79. The number of aliphatic carboxylic acids is 1. The lowest BCUT2D eigenvalue weighted by atomic mass is 9.92. The van der Waals surface area contributed by atoms with Gasteiger partial charge in [0, 0.05) is 18.6 Å². The number of nitrogens with one attached hydrogen (secondary N) is 1. The molecule has 1 aliphatic rings. The third-order valence-electron chi connectivity index (χ3n) is 3.98. The van der Waals surface area contributed by atoms with Crippen molar-refractivity contribution in [3.8, 4) is 0 Å². The Hall–Kier alpha value is -1.56. The Morgan fingerprint density at radius 2 is 2.33 bits per heavy atom. The molecule has 1 saturated heterocycles. The number of amides is 2. The van der Waals surface area contributed by atoms with Gasteiger partial charge in [0.05, 0.1) is 5.92 Å². The SMILES string of the molecule is CC(Cc1ccsc1)NC(=O)N1CCC(C(=O)O)CC1C.